The molecule has 0 bridgehead atoms. The van der Waals surface area contributed by atoms with Crippen LogP contribution in [0.15, 0.2) is 47.6 Å². The fourth-order valence-electron chi connectivity index (χ4n) is 3.89. The number of hydrogen-bond donors (Lipinski definition) is 0. The predicted molar refractivity (Wildman–Crippen MR) is 93.0 cm³/mol. The van der Waals surface area contributed by atoms with E-state index in [0.717, 1.165) is 31.0 Å². The molecule has 2 heteroatoms. The number of nitrogens with zero attached hydrogens (tertiary/aromatic N) is 1. The molecule has 1 aliphatic rings. The number of rotatable bonds is 5. The molecule has 22 heavy (non-hydrogen) atoms. The maximum atomic E-state index is 5.67. The van der Waals surface area contributed by atoms with Gasteiger partial charge in [-0.05, 0) is 43.2 Å². The molecule has 0 aliphatic carbocycles. The van der Waals surface area contributed by atoms with Gasteiger partial charge in [-0.2, -0.15) is 0 Å². The van der Waals surface area contributed by atoms with E-state index in [1.807, 2.05) is 18.4 Å². The third-order valence-corrected chi connectivity index (χ3v) is 5.42. The van der Waals surface area contributed by atoms with Crippen molar-refractivity contribution in [2.45, 2.75) is 39.2 Å². The summed E-state index contributed by atoms with van der Waals surface area (Å²) in [6.07, 6.45) is 7.70. The Morgan fingerprint density at radius 2 is 2.18 bits per heavy atom. The lowest BCUT2D eigenvalue weighted by Crippen LogP contribution is -2.47. The highest BCUT2D eigenvalue weighted by atomic mass is 16.3. The molecule has 1 aromatic heterocycles. The number of furan rings is 1. The quantitative estimate of drug-likeness (QED) is 0.730. The Kier molecular flexibility index (Phi) is 4.68. The summed E-state index contributed by atoms with van der Waals surface area (Å²) in [5.41, 5.74) is 2.33. The second-order valence-corrected chi connectivity index (χ2v) is 6.64. The number of hydrogen-bond acceptors (Lipinski definition) is 2. The smallest absolute Gasteiger partial charge is 0.134 e. The lowest BCUT2D eigenvalue weighted by Gasteiger charge is -2.42. The highest BCUT2D eigenvalue weighted by molar-refractivity contribution is 5.80. The van der Waals surface area contributed by atoms with Crippen molar-refractivity contribution in [3.05, 3.63) is 48.7 Å². The molecule has 0 spiro atoms. The number of piperidine rings is 1. The van der Waals surface area contributed by atoms with Gasteiger partial charge in [0.2, 0.25) is 0 Å². The van der Waals surface area contributed by atoms with E-state index in [0.29, 0.717) is 12.0 Å². The van der Waals surface area contributed by atoms with E-state index >= 15 is 0 Å². The predicted octanol–water partition coefficient (Wildman–Crippen LogP) is 4.90. The first-order valence-electron chi connectivity index (χ1n) is 8.54. The van der Waals surface area contributed by atoms with Gasteiger partial charge in [-0.1, -0.05) is 37.6 Å². The maximum Gasteiger partial charge on any atom is 0.134 e. The Morgan fingerprint density at radius 1 is 1.36 bits per heavy atom. The minimum Gasteiger partial charge on any atom is -0.464 e. The van der Waals surface area contributed by atoms with Gasteiger partial charge in [0.05, 0.1) is 6.26 Å². The molecule has 1 aliphatic heterocycles. The summed E-state index contributed by atoms with van der Waals surface area (Å²) < 4.78 is 5.67. The summed E-state index contributed by atoms with van der Waals surface area (Å²) in [5, 5.41) is 1.26. The molecular weight excluding hydrogens is 270 g/mol. The molecule has 118 valence electrons. The lowest BCUT2D eigenvalue weighted by molar-refractivity contribution is 0.0797. The average Bonchev–Trinajstić information content (AvgIpc) is 2.97. The van der Waals surface area contributed by atoms with Crippen LogP contribution in [0.1, 0.15) is 32.3 Å². The highest BCUT2D eigenvalue weighted by Crippen LogP contribution is 2.31. The van der Waals surface area contributed by atoms with Gasteiger partial charge in [-0.3, -0.25) is 4.90 Å². The van der Waals surface area contributed by atoms with E-state index in [4.69, 9.17) is 4.42 Å². The van der Waals surface area contributed by atoms with Crippen LogP contribution < -0.4 is 0 Å². The van der Waals surface area contributed by atoms with Crippen molar-refractivity contribution in [3.63, 3.8) is 0 Å². The summed E-state index contributed by atoms with van der Waals surface area (Å²) in [4.78, 5) is 2.64. The van der Waals surface area contributed by atoms with Crippen molar-refractivity contribution in [2.75, 3.05) is 13.1 Å². The molecule has 1 saturated heterocycles. The topological polar surface area (TPSA) is 16.4 Å². The zero-order valence-electron chi connectivity index (χ0n) is 13.8. The Labute approximate surface area is 133 Å². The minimum atomic E-state index is 0.641. The number of para-hydroxylation sites is 1. The van der Waals surface area contributed by atoms with Crippen LogP contribution in [-0.4, -0.2) is 24.0 Å². The van der Waals surface area contributed by atoms with Crippen LogP contribution in [0.3, 0.4) is 0 Å². The Hall–Kier alpha value is -1.54. The molecule has 0 amide bonds. The van der Waals surface area contributed by atoms with Crippen LogP contribution in [-0.2, 0) is 6.42 Å². The van der Waals surface area contributed by atoms with Gasteiger partial charge in [0.15, 0.2) is 0 Å². The first-order valence-corrected chi connectivity index (χ1v) is 8.54. The van der Waals surface area contributed by atoms with Crippen LogP contribution in [0.25, 0.3) is 11.0 Å². The summed E-state index contributed by atoms with van der Waals surface area (Å²) in [7, 11) is 0. The number of benzene rings is 1. The second-order valence-electron chi connectivity index (χ2n) is 6.64. The van der Waals surface area contributed by atoms with Gasteiger partial charge < -0.3 is 4.42 Å². The van der Waals surface area contributed by atoms with Crippen molar-refractivity contribution in [1.82, 2.24) is 4.90 Å². The monoisotopic (exact) mass is 297 g/mol. The summed E-state index contributed by atoms with van der Waals surface area (Å²) in [5.74, 6) is 1.43. The molecule has 2 heterocycles. The molecule has 2 aromatic rings. The van der Waals surface area contributed by atoms with Crippen molar-refractivity contribution in [2.24, 2.45) is 11.8 Å². The van der Waals surface area contributed by atoms with E-state index in [9.17, 15) is 0 Å². The first kappa shape index (κ1) is 15.4. The lowest BCUT2D eigenvalue weighted by atomic mass is 9.82. The van der Waals surface area contributed by atoms with Gasteiger partial charge in [-0.25, -0.2) is 0 Å². The molecular formula is C20H27NO. The summed E-state index contributed by atoms with van der Waals surface area (Å²) in [6, 6.07) is 8.99. The molecule has 3 unspecified atom stereocenters. The molecule has 0 N–H and O–H groups in total. The number of likely N-dealkylation sites (tertiary alicyclic amines) is 1. The van der Waals surface area contributed by atoms with E-state index in [1.54, 1.807) is 0 Å². The molecule has 3 atom stereocenters. The molecule has 1 fully saturated rings. The minimum absolute atomic E-state index is 0.641. The van der Waals surface area contributed by atoms with Crippen molar-refractivity contribution < 1.29 is 4.42 Å². The first-order chi connectivity index (χ1) is 10.7. The van der Waals surface area contributed by atoms with Crippen molar-refractivity contribution in [3.8, 4) is 0 Å². The summed E-state index contributed by atoms with van der Waals surface area (Å²) in [6.45, 7) is 11.0. The zero-order valence-corrected chi connectivity index (χ0v) is 13.8. The van der Waals surface area contributed by atoms with Crippen LogP contribution in [0.2, 0.25) is 0 Å². The summed E-state index contributed by atoms with van der Waals surface area (Å²) >= 11 is 0. The second kappa shape index (κ2) is 6.70. The Balaban J connectivity index is 1.70. The van der Waals surface area contributed by atoms with Gasteiger partial charge in [0.1, 0.15) is 5.58 Å². The highest BCUT2D eigenvalue weighted by Gasteiger charge is 2.30. The fraction of sp³-hybridized carbons (Fsp3) is 0.500. The fourth-order valence-corrected chi connectivity index (χ4v) is 3.89. The molecule has 1 aromatic carbocycles. The molecule has 0 saturated carbocycles. The van der Waals surface area contributed by atoms with E-state index in [-0.39, 0.29) is 0 Å². The third kappa shape index (κ3) is 2.98. The molecule has 3 rings (SSSR count). The van der Waals surface area contributed by atoms with Crippen LogP contribution in [0.5, 0.6) is 0 Å². The Bertz CT molecular complexity index is 629. The van der Waals surface area contributed by atoms with Gasteiger partial charge in [0, 0.05) is 24.5 Å². The number of fused-ring (bicyclic) bond motifs is 1. The normalized spacial score (nSPS) is 26.4. The van der Waals surface area contributed by atoms with E-state index in [2.05, 4.69) is 43.5 Å². The van der Waals surface area contributed by atoms with E-state index < -0.39 is 0 Å². The van der Waals surface area contributed by atoms with Gasteiger partial charge >= 0.3 is 0 Å². The van der Waals surface area contributed by atoms with Crippen molar-refractivity contribution in [1.29, 1.82) is 0 Å². The van der Waals surface area contributed by atoms with E-state index in [1.165, 1.54) is 23.8 Å². The third-order valence-electron chi connectivity index (χ3n) is 5.42. The maximum absolute atomic E-state index is 5.67. The largest absolute Gasteiger partial charge is 0.464 e. The average molecular weight is 297 g/mol. The van der Waals surface area contributed by atoms with Crippen molar-refractivity contribution >= 4 is 11.0 Å². The SMILES string of the molecule is C=CC1CC(CC)C(C)N(CCc2coc3ccccc23)C1. The van der Waals surface area contributed by atoms with Crippen LogP contribution >= 0.6 is 0 Å². The van der Waals surface area contributed by atoms with Gasteiger partial charge in [-0.15, -0.1) is 6.58 Å². The molecule has 2 nitrogen and oxygen atoms in total. The van der Waals surface area contributed by atoms with Crippen LogP contribution in [0.4, 0.5) is 0 Å². The van der Waals surface area contributed by atoms with Gasteiger partial charge in [0.25, 0.3) is 0 Å². The molecule has 0 radical (unpaired) electrons. The standard InChI is InChI=1S/C20H27NO/c1-4-16-12-17(5-2)15(3)21(13-16)11-10-18-14-22-20-9-7-6-8-19(18)20/h4,6-9,14-17H,1,5,10-13H2,2-3H3. The zero-order chi connectivity index (χ0) is 15.5. The van der Waals surface area contributed by atoms with Crippen LogP contribution in [0, 0.1) is 11.8 Å². The Morgan fingerprint density at radius 3 is 2.95 bits per heavy atom.